The summed E-state index contributed by atoms with van der Waals surface area (Å²) >= 11 is 0. The van der Waals surface area contributed by atoms with E-state index in [1.165, 1.54) is 266 Å². The average molecular weight is 1740 g/mol. The van der Waals surface area contributed by atoms with E-state index in [-0.39, 0.29) is 0 Å². The molecule has 0 spiro atoms. The van der Waals surface area contributed by atoms with E-state index >= 15 is 0 Å². The number of imidazole rings is 6. The number of ether oxygens (including phenoxy) is 6. The van der Waals surface area contributed by atoms with Crippen molar-refractivity contribution in [2.75, 3.05) is 39.6 Å². The Labute approximate surface area is 762 Å². The van der Waals surface area contributed by atoms with Crippen molar-refractivity contribution in [3.05, 3.63) is 146 Å². The fourth-order valence-electron chi connectivity index (χ4n) is 18.5. The first-order valence-corrected chi connectivity index (χ1v) is 51.0. The zero-order chi connectivity index (χ0) is 88.7. The second-order valence-electron chi connectivity index (χ2n) is 37.5. The maximum Gasteiger partial charge on any atom is 0.253 e. The molecule has 0 aliphatic heterocycles. The van der Waals surface area contributed by atoms with Crippen LogP contribution in [0, 0.1) is 41.5 Å². The number of unbranched alkanes of at least 4 members (excludes halogenated alkanes) is 42. The van der Waals surface area contributed by atoms with Crippen molar-refractivity contribution in [2.45, 2.75) is 389 Å². The number of fused-ring (bicyclic) bond motifs is 6. The van der Waals surface area contributed by atoms with Crippen LogP contribution in [-0.4, -0.2) is 67.0 Å². The van der Waals surface area contributed by atoms with Gasteiger partial charge in [-0.1, -0.05) is 193 Å². The summed E-state index contributed by atoms with van der Waals surface area (Å²) in [6.07, 6.45) is 84.6. The summed E-state index contributed by atoms with van der Waals surface area (Å²) in [4.78, 5) is 0. The number of aryl methyl sites for hydroxylation is 12. The molecule has 6 aromatic heterocycles. The van der Waals surface area contributed by atoms with Crippen LogP contribution in [0.2, 0.25) is 0 Å². The summed E-state index contributed by atoms with van der Waals surface area (Å²) in [5, 5.41) is 6.75. The van der Waals surface area contributed by atoms with Crippen LogP contribution in [0.15, 0.2) is 111 Å². The van der Waals surface area contributed by atoms with Gasteiger partial charge in [-0.2, -0.15) is 0 Å². The predicted octanol–water partition coefficient (Wildman–Crippen LogP) is 24.0. The first-order chi connectivity index (χ1) is 61.6. The summed E-state index contributed by atoms with van der Waals surface area (Å²) in [6, 6.07) is 14.0. The SMILES string of the molecule is Cc1n(CCCCCCCCCCOc2cc3c4cc(OCCCCCCCCCCn5cc[n+](C)c5C)c(OCCCCCCCCCCn5cc[n+](C)c5C)cc4c4cc(OCCCCCCCCCCn5cc[n+](C)c5C)c(OCCCCCCCCCCn5cc[n+](C)c5C)cc4c3cc2OCCCCCCCCCCn2cc[n+](C)c2C)cc[n+]1C. The molecular weight excluding hydrogens is 1560 g/mol. The molecule has 0 amide bonds. The van der Waals surface area contributed by atoms with Gasteiger partial charge >= 0.3 is 0 Å². The third kappa shape index (κ3) is 33.3. The van der Waals surface area contributed by atoms with Crippen molar-refractivity contribution in [3.8, 4) is 34.5 Å². The lowest BCUT2D eigenvalue weighted by Gasteiger charge is -2.21. The van der Waals surface area contributed by atoms with E-state index in [0.717, 1.165) is 183 Å². The van der Waals surface area contributed by atoms with E-state index in [1.807, 2.05) is 0 Å². The molecule has 18 nitrogen and oxygen atoms in total. The van der Waals surface area contributed by atoms with Gasteiger partial charge in [0.1, 0.15) is 74.4 Å². The fourth-order valence-corrected chi connectivity index (χ4v) is 18.5. The van der Waals surface area contributed by atoms with E-state index in [0.29, 0.717) is 39.6 Å². The molecule has 0 aliphatic rings. The van der Waals surface area contributed by atoms with Crippen molar-refractivity contribution in [1.29, 1.82) is 0 Å². The first-order valence-electron chi connectivity index (χ1n) is 51.0. The Morgan fingerprint density at radius 1 is 0.167 bits per heavy atom. The van der Waals surface area contributed by atoms with Crippen LogP contribution < -0.4 is 55.8 Å². The van der Waals surface area contributed by atoms with E-state index in [4.69, 9.17) is 28.4 Å². The lowest BCUT2D eigenvalue weighted by Crippen LogP contribution is -2.29. The minimum absolute atomic E-state index is 0.637. The van der Waals surface area contributed by atoms with Crippen LogP contribution in [0.3, 0.4) is 0 Å². The van der Waals surface area contributed by atoms with Crippen molar-refractivity contribution in [2.24, 2.45) is 42.3 Å². The van der Waals surface area contributed by atoms with Gasteiger partial charge in [-0.05, 0) is 184 Å². The second-order valence-corrected chi connectivity index (χ2v) is 37.5. The highest BCUT2D eigenvalue weighted by Gasteiger charge is 2.23. The van der Waals surface area contributed by atoms with E-state index in [2.05, 4.69) is 249 Å². The van der Waals surface area contributed by atoms with Crippen molar-refractivity contribution < 1.29 is 55.8 Å². The highest BCUT2D eigenvalue weighted by Crippen LogP contribution is 2.48. The highest BCUT2D eigenvalue weighted by molar-refractivity contribution is 6.27. The average Bonchev–Trinajstić information content (AvgIpc) is 0.760. The molecular formula is C108H174N12O6+6. The largest absolute Gasteiger partial charge is 0.490 e. The summed E-state index contributed by atoms with van der Waals surface area (Å²) in [5.74, 6) is 12.9. The Bertz CT molecular complexity index is 3920. The van der Waals surface area contributed by atoms with Gasteiger partial charge in [0.05, 0.1) is 121 Å². The smallest absolute Gasteiger partial charge is 0.253 e. The molecule has 18 heteroatoms. The lowest BCUT2D eigenvalue weighted by atomic mass is 9.93. The summed E-state index contributed by atoms with van der Waals surface area (Å²) in [6.45, 7) is 23.7. The van der Waals surface area contributed by atoms with E-state index in [9.17, 15) is 0 Å². The zero-order valence-electron chi connectivity index (χ0n) is 81.6. The Hall–Kier alpha value is -8.28. The van der Waals surface area contributed by atoms with Crippen molar-refractivity contribution in [3.63, 3.8) is 0 Å². The van der Waals surface area contributed by atoms with Gasteiger partial charge < -0.3 is 28.4 Å². The van der Waals surface area contributed by atoms with Crippen LogP contribution in [0.5, 0.6) is 34.5 Å². The zero-order valence-corrected chi connectivity index (χ0v) is 81.6. The van der Waals surface area contributed by atoms with E-state index < -0.39 is 0 Å². The Morgan fingerprint density at radius 2 is 0.278 bits per heavy atom. The molecule has 0 saturated heterocycles. The first kappa shape index (κ1) is 99.9. The molecule has 6 heterocycles. The van der Waals surface area contributed by atoms with E-state index in [1.54, 1.807) is 0 Å². The second kappa shape index (κ2) is 56.9. The molecule has 0 atom stereocenters. The van der Waals surface area contributed by atoms with Gasteiger partial charge in [0.2, 0.25) is 0 Å². The standard InChI is InChI=1S/C108H174N12O6/c1-91-109(7)67-73-115(91)61-49-37-25-13-19-31-43-55-79-121-103-85-97-98(86-104(103)122-80-56-44-32-20-14-26-38-50-62-116-74-68-110(8)92(116)2)100-88-106(124-82-58-46-34-22-16-28-40-52-64-118-76-70-112(10)94(118)4)108(126-84-60-48-36-24-18-30-42-54-66-120-78-72-114(12)96(120)6)90-102(100)101-89-107(125-83-59-47-35-23-17-29-41-53-65-119-77-71-113(11)95(119)5)105(87-99(97)101)123-81-57-45-33-21-15-27-39-51-63-117-75-69-111(9)93(117)3/h67-78,85-90H,13-66,79-84H2,1-12H3/q+6. The summed E-state index contributed by atoms with van der Waals surface area (Å²) < 4.78 is 70.3. The van der Waals surface area contributed by atoms with Gasteiger partial charge in [0.25, 0.3) is 34.9 Å². The minimum Gasteiger partial charge on any atom is -0.490 e. The Balaban J connectivity index is 0.890. The van der Waals surface area contributed by atoms with Crippen molar-refractivity contribution in [1.82, 2.24) is 27.4 Å². The molecule has 0 saturated carbocycles. The molecule has 696 valence electrons. The minimum atomic E-state index is 0.637. The number of hydrogen-bond acceptors (Lipinski definition) is 6. The third-order valence-corrected chi connectivity index (χ3v) is 27.8. The van der Waals surface area contributed by atoms with Crippen LogP contribution in [-0.2, 0) is 81.6 Å². The molecule has 0 bridgehead atoms. The molecule has 0 fully saturated rings. The molecule has 0 N–H and O–H groups in total. The summed E-state index contributed by atoms with van der Waals surface area (Å²) in [5.41, 5.74) is 0. The number of aromatic nitrogens is 12. The van der Waals surface area contributed by atoms with Gasteiger partial charge in [-0.3, -0.25) is 0 Å². The van der Waals surface area contributed by atoms with Crippen LogP contribution in [0.4, 0.5) is 0 Å². The molecule has 4 aromatic carbocycles. The molecule has 0 radical (unpaired) electrons. The fraction of sp³-hybridized carbons (Fsp3) is 0.667. The maximum atomic E-state index is 7.12. The Kier molecular flexibility index (Phi) is 45.1. The van der Waals surface area contributed by atoms with Crippen LogP contribution >= 0.6 is 0 Å². The predicted molar refractivity (Wildman–Crippen MR) is 516 cm³/mol. The normalized spacial score (nSPS) is 11.8. The van der Waals surface area contributed by atoms with Gasteiger partial charge in [0.15, 0.2) is 34.5 Å². The molecule has 0 unspecified atom stereocenters. The topological polar surface area (TPSA) is 108 Å². The Morgan fingerprint density at radius 3 is 0.389 bits per heavy atom. The number of nitrogens with zero attached hydrogens (tertiary/aromatic N) is 12. The van der Waals surface area contributed by atoms with Gasteiger partial charge in [-0.15, -0.1) is 0 Å². The molecule has 10 aromatic rings. The monoisotopic (exact) mass is 1740 g/mol. The van der Waals surface area contributed by atoms with Crippen molar-refractivity contribution >= 4 is 32.3 Å². The molecule has 0 aliphatic carbocycles. The number of hydrogen-bond donors (Lipinski definition) is 0. The number of benzene rings is 4. The third-order valence-electron chi connectivity index (χ3n) is 27.8. The quantitative estimate of drug-likeness (QED) is 0.0213. The van der Waals surface area contributed by atoms with Gasteiger partial charge in [0, 0.05) is 41.5 Å². The molecule has 10 rings (SSSR count). The van der Waals surface area contributed by atoms with Gasteiger partial charge in [-0.25, -0.2) is 54.8 Å². The van der Waals surface area contributed by atoms with Crippen LogP contribution in [0.25, 0.3) is 32.3 Å². The lowest BCUT2D eigenvalue weighted by molar-refractivity contribution is -0.677. The maximum absolute atomic E-state index is 7.12. The summed E-state index contributed by atoms with van der Waals surface area (Å²) in [7, 11) is 12.8. The highest BCUT2D eigenvalue weighted by atomic mass is 16.5. The number of rotatable bonds is 72. The molecule has 126 heavy (non-hydrogen) atoms. The van der Waals surface area contributed by atoms with Crippen LogP contribution in [0.1, 0.15) is 343 Å².